The Hall–Kier alpha value is -3.75. The molecule has 3 rings (SSSR count). The van der Waals surface area contributed by atoms with E-state index < -0.39 is 11.2 Å². The van der Waals surface area contributed by atoms with Gasteiger partial charge >= 0.3 is 5.69 Å². The molecule has 9 nitrogen and oxygen atoms in total. The van der Waals surface area contributed by atoms with Gasteiger partial charge < -0.3 is 10.2 Å². The third-order valence-electron chi connectivity index (χ3n) is 5.32. The smallest absolute Gasteiger partial charge is 0.329 e. The minimum Gasteiger partial charge on any atom is -0.355 e. The zero-order valence-corrected chi connectivity index (χ0v) is 18.9. The highest BCUT2D eigenvalue weighted by atomic mass is 16.2. The van der Waals surface area contributed by atoms with E-state index in [0.717, 1.165) is 5.56 Å². The molecule has 0 unspecified atom stereocenters. The SMILES string of the molecule is CCn1c(=O)[nH]c(=O)c2c(C(=O)N(C)Cc3ccc(C(=O)NC)cc3)cc(C(C)C)nc21. The maximum atomic E-state index is 13.4. The zero-order valence-electron chi connectivity index (χ0n) is 18.9. The van der Waals surface area contributed by atoms with Gasteiger partial charge in [0.15, 0.2) is 5.65 Å². The Labute approximate surface area is 185 Å². The van der Waals surface area contributed by atoms with Crippen LogP contribution in [0.25, 0.3) is 11.0 Å². The van der Waals surface area contributed by atoms with E-state index in [1.54, 1.807) is 51.4 Å². The van der Waals surface area contributed by atoms with E-state index in [1.807, 2.05) is 13.8 Å². The molecule has 0 bridgehead atoms. The molecule has 0 atom stereocenters. The molecule has 0 aliphatic carbocycles. The Kier molecular flexibility index (Phi) is 6.57. The molecule has 32 heavy (non-hydrogen) atoms. The van der Waals surface area contributed by atoms with Crippen LogP contribution in [0, 0.1) is 0 Å². The number of rotatable bonds is 6. The molecule has 0 fully saturated rings. The molecular formula is C23H27N5O4. The van der Waals surface area contributed by atoms with Crippen LogP contribution in [0.2, 0.25) is 0 Å². The number of amides is 2. The first-order chi connectivity index (χ1) is 15.2. The number of aromatic amines is 1. The maximum absolute atomic E-state index is 13.4. The van der Waals surface area contributed by atoms with Crippen molar-refractivity contribution >= 4 is 22.8 Å². The van der Waals surface area contributed by atoms with Crippen molar-refractivity contribution in [1.82, 2.24) is 24.8 Å². The number of hydrogen-bond donors (Lipinski definition) is 2. The number of carbonyl (C=O) groups is 2. The van der Waals surface area contributed by atoms with Crippen LogP contribution in [-0.4, -0.2) is 45.3 Å². The van der Waals surface area contributed by atoms with Crippen LogP contribution in [-0.2, 0) is 13.1 Å². The Bertz CT molecular complexity index is 1290. The van der Waals surface area contributed by atoms with Crippen molar-refractivity contribution < 1.29 is 9.59 Å². The molecule has 0 saturated carbocycles. The summed E-state index contributed by atoms with van der Waals surface area (Å²) in [5, 5.41) is 2.66. The minimum absolute atomic E-state index is 0.00629. The second-order valence-corrected chi connectivity index (χ2v) is 7.89. The summed E-state index contributed by atoms with van der Waals surface area (Å²) in [6, 6.07) is 8.56. The van der Waals surface area contributed by atoms with Crippen molar-refractivity contribution in [2.24, 2.45) is 0 Å². The van der Waals surface area contributed by atoms with Crippen LogP contribution >= 0.6 is 0 Å². The highest BCUT2D eigenvalue weighted by Crippen LogP contribution is 2.21. The topological polar surface area (TPSA) is 117 Å². The summed E-state index contributed by atoms with van der Waals surface area (Å²) in [7, 11) is 3.20. The average molecular weight is 438 g/mol. The Balaban J connectivity index is 2.05. The second kappa shape index (κ2) is 9.17. The Morgan fingerprint density at radius 1 is 1.19 bits per heavy atom. The predicted molar refractivity (Wildman–Crippen MR) is 122 cm³/mol. The number of aromatic nitrogens is 3. The number of aryl methyl sites for hydroxylation is 1. The van der Waals surface area contributed by atoms with Gasteiger partial charge in [0.1, 0.15) is 0 Å². The molecule has 0 spiro atoms. The van der Waals surface area contributed by atoms with E-state index in [1.165, 1.54) is 9.47 Å². The number of benzene rings is 1. The van der Waals surface area contributed by atoms with Gasteiger partial charge in [0, 0.05) is 38.4 Å². The summed E-state index contributed by atoms with van der Waals surface area (Å²) in [6.07, 6.45) is 0. The van der Waals surface area contributed by atoms with Crippen molar-refractivity contribution in [3.8, 4) is 0 Å². The van der Waals surface area contributed by atoms with E-state index in [0.29, 0.717) is 17.8 Å². The average Bonchev–Trinajstić information content (AvgIpc) is 2.77. The third kappa shape index (κ3) is 4.32. The lowest BCUT2D eigenvalue weighted by Gasteiger charge is -2.20. The number of H-pyrrole nitrogens is 1. The molecule has 2 N–H and O–H groups in total. The van der Waals surface area contributed by atoms with E-state index in [-0.39, 0.29) is 40.9 Å². The highest BCUT2D eigenvalue weighted by Gasteiger charge is 2.22. The molecule has 2 heterocycles. The van der Waals surface area contributed by atoms with Crippen molar-refractivity contribution in [3.63, 3.8) is 0 Å². The lowest BCUT2D eigenvalue weighted by molar-refractivity contribution is 0.0786. The number of pyridine rings is 1. The van der Waals surface area contributed by atoms with Crippen LogP contribution in [0.3, 0.4) is 0 Å². The fourth-order valence-corrected chi connectivity index (χ4v) is 3.51. The van der Waals surface area contributed by atoms with Gasteiger partial charge in [-0.1, -0.05) is 26.0 Å². The fraction of sp³-hybridized carbons (Fsp3) is 0.348. The summed E-state index contributed by atoms with van der Waals surface area (Å²) in [6.45, 7) is 6.23. The van der Waals surface area contributed by atoms with Crippen LogP contribution in [0.1, 0.15) is 58.7 Å². The molecule has 1 aromatic carbocycles. The van der Waals surface area contributed by atoms with Gasteiger partial charge in [-0.25, -0.2) is 9.78 Å². The third-order valence-corrected chi connectivity index (χ3v) is 5.32. The highest BCUT2D eigenvalue weighted by molar-refractivity contribution is 6.05. The van der Waals surface area contributed by atoms with Crippen molar-refractivity contribution in [2.45, 2.75) is 39.8 Å². The summed E-state index contributed by atoms with van der Waals surface area (Å²) in [5.41, 5.74) is 1.19. The van der Waals surface area contributed by atoms with Crippen LogP contribution in [0.15, 0.2) is 39.9 Å². The number of nitrogens with one attached hydrogen (secondary N) is 2. The first-order valence-electron chi connectivity index (χ1n) is 10.4. The van der Waals surface area contributed by atoms with Gasteiger partial charge in [0.2, 0.25) is 0 Å². The fourth-order valence-electron chi connectivity index (χ4n) is 3.51. The van der Waals surface area contributed by atoms with Gasteiger partial charge in [-0.15, -0.1) is 0 Å². The molecule has 0 saturated heterocycles. The maximum Gasteiger partial charge on any atom is 0.329 e. The molecular weight excluding hydrogens is 410 g/mol. The normalized spacial score (nSPS) is 11.1. The molecule has 3 aromatic rings. The molecule has 2 amide bonds. The Morgan fingerprint density at radius 2 is 1.84 bits per heavy atom. The van der Waals surface area contributed by atoms with Gasteiger partial charge in [-0.2, -0.15) is 0 Å². The van der Waals surface area contributed by atoms with Crippen molar-refractivity contribution in [2.75, 3.05) is 14.1 Å². The first kappa shape index (κ1) is 22.9. The second-order valence-electron chi connectivity index (χ2n) is 7.89. The Morgan fingerprint density at radius 3 is 2.41 bits per heavy atom. The summed E-state index contributed by atoms with van der Waals surface area (Å²) < 4.78 is 1.36. The van der Waals surface area contributed by atoms with Gasteiger partial charge in [0.05, 0.1) is 10.9 Å². The molecule has 9 heteroatoms. The van der Waals surface area contributed by atoms with E-state index >= 15 is 0 Å². The monoisotopic (exact) mass is 437 g/mol. The van der Waals surface area contributed by atoms with E-state index in [4.69, 9.17) is 0 Å². The zero-order chi connectivity index (χ0) is 23.6. The lowest BCUT2D eigenvalue weighted by Crippen LogP contribution is -2.33. The minimum atomic E-state index is -0.635. The summed E-state index contributed by atoms with van der Waals surface area (Å²) in [4.78, 5) is 58.3. The molecule has 0 aliphatic heterocycles. The first-order valence-corrected chi connectivity index (χ1v) is 10.4. The lowest BCUT2D eigenvalue weighted by atomic mass is 10.0. The summed E-state index contributed by atoms with van der Waals surface area (Å²) in [5.74, 6) is -0.554. The quantitative estimate of drug-likeness (QED) is 0.610. The molecule has 2 aromatic heterocycles. The van der Waals surface area contributed by atoms with Crippen LogP contribution < -0.4 is 16.6 Å². The van der Waals surface area contributed by atoms with Crippen molar-refractivity contribution in [3.05, 3.63) is 73.6 Å². The summed E-state index contributed by atoms with van der Waals surface area (Å²) >= 11 is 0. The largest absolute Gasteiger partial charge is 0.355 e. The van der Waals surface area contributed by atoms with Crippen LogP contribution in [0.5, 0.6) is 0 Å². The van der Waals surface area contributed by atoms with Gasteiger partial charge in [-0.05, 0) is 36.6 Å². The number of fused-ring (bicyclic) bond motifs is 1. The number of hydrogen-bond acceptors (Lipinski definition) is 5. The standard InChI is InChI=1S/C23H27N5O4/c1-6-28-19-18(21(30)26-23(28)32)16(11-17(25-19)13(2)3)22(31)27(5)12-14-7-9-15(10-8-14)20(29)24-4/h7-11,13H,6,12H2,1-5H3,(H,24,29)(H,26,30,32). The van der Waals surface area contributed by atoms with E-state index in [9.17, 15) is 19.2 Å². The molecule has 0 aliphatic rings. The molecule has 168 valence electrons. The number of nitrogens with zero attached hydrogens (tertiary/aromatic N) is 3. The van der Waals surface area contributed by atoms with Crippen molar-refractivity contribution in [1.29, 1.82) is 0 Å². The van der Waals surface area contributed by atoms with Gasteiger partial charge in [-0.3, -0.25) is 23.9 Å². The van der Waals surface area contributed by atoms with Crippen LogP contribution in [0.4, 0.5) is 0 Å². The van der Waals surface area contributed by atoms with E-state index in [2.05, 4.69) is 15.3 Å². The molecule has 0 radical (unpaired) electrons. The number of carbonyl (C=O) groups excluding carboxylic acids is 2. The van der Waals surface area contributed by atoms with Gasteiger partial charge in [0.25, 0.3) is 17.4 Å². The predicted octanol–water partition coefficient (Wildman–Crippen LogP) is 1.86.